The van der Waals surface area contributed by atoms with Gasteiger partial charge in [0.2, 0.25) is 6.79 Å². The third-order valence-electron chi connectivity index (χ3n) is 2.66. The minimum Gasteiger partial charge on any atom is -0.478 e. The summed E-state index contributed by atoms with van der Waals surface area (Å²) in [5.41, 5.74) is 1.68. The van der Waals surface area contributed by atoms with Crippen molar-refractivity contribution in [2.75, 3.05) is 6.79 Å². The number of hydrogen-bond acceptors (Lipinski definition) is 4. The Kier molecular flexibility index (Phi) is 2.68. The van der Waals surface area contributed by atoms with Gasteiger partial charge in [0.25, 0.3) is 0 Å². The van der Waals surface area contributed by atoms with E-state index in [0.29, 0.717) is 17.3 Å². The highest BCUT2D eigenvalue weighted by Gasteiger charge is 2.14. The van der Waals surface area contributed by atoms with E-state index >= 15 is 0 Å². The van der Waals surface area contributed by atoms with Crippen molar-refractivity contribution in [2.24, 2.45) is 0 Å². The Labute approximate surface area is 108 Å². The molecule has 1 aliphatic heterocycles. The Morgan fingerprint density at radius 1 is 1.37 bits per heavy atom. The lowest BCUT2D eigenvalue weighted by Crippen LogP contribution is -1.92. The van der Waals surface area contributed by atoms with Crippen molar-refractivity contribution in [1.82, 2.24) is 9.97 Å². The van der Waals surface area contributed by atoms with Gasteiger partial charge in [0, 0.05) is 11.6 Å². The van der Waals surface area contributed by atoms with Crippen LogP contribution >= 0.6 is 0 Å². The number of fused-ring (bicyclic) bond motifs is 1. The van der Waals surface area contributed by atoms with Crippen LogP contribution in [-0.4, -0.2) is 27.8 Å². The third-order valence-corrected chi connectivity index (χ3v) is 2.66. The minimum absolute atomic E-state index is 0.231. The number of ether oxygens (including phenoxy) is 2. The normalized spacial score (nSPS) is 13.1. The molecule has 0 radical (unpaired) electrons. The summed E-state index contributed by atoms with van der Waals surface area (Å²) in [7, 11) is 0. The molecule has 3 rings (SSSR count). The number of nitrogens with zero attached hydrogens (tertiary/aromatic N) is 1. The van der Waals surface area contributed by atoms with Gasteiger partial charge in [-0.15, -0.1) is 0 Å². The summed E-state index contributed by atoms with van der Waals surface area (Å²) in [4.78, 5) is 17.5. The zero-order valence-corrected chi connectivity index (χ0v) is 9.79. The lowest BCUT2D eigenvalue weighted by molar-refractivity contribution is -0.131. The summed E-state index contributed by atoms with van der Waals surface area (Å²) in [5.74, 6) is 0.875. The predicted octanol–water partition coefficient (Wildman–Crippen LogP) is 1.90. The van der Waals surface area contributed by atoms with E-state index in [1.54, 1.807) is 6.20 Å². The fraction of sp³-hybridized carbons (Fsp3) is 0.0769. The molecular weight excluding hydrogens is 248 g/mol. The molecule has 96 valence electrons. The van der Waals surface area contributed by atoms with E-state index in [1.807, 2.05) is 18.2 Å². The zero-order chi connectivity index (χ0) is 13.2. The lowest BCUT2D eigenvalue weighted by atomic mass is 10.1. The van der Waals surface area contributed by atoms with Crippen LogP contribution in [0.5, 0.6) is 11.5 Å². The Morgan fingerprint density at radius 2 is 2.21 bits per heavy atom. The van der Waals surface area contributed by atoms with E-state index in [0.717, 1.165) is 17.3 Å². The molecule has 6 nitrogen and oxygen atoms in total. The summed E-state index contributed by atoms with van der Waals surface area (Å²) < 4.78 is 10.5. The number of carboxylic acids is 1. The Balaban J connectivity index is 1.88. The Hall–Kier alpha value is -2.76. The Bertz CT molecular complexity index is 660. The second-order valence-electron chi connectivity index (χ2n) is 3.92. The van der Waals surface area contributed by atoms with Gasteiger partial charge in [-0.05, 0) is 24.3 Å². The van der Waals surface area contributed by atoms with Gasteiger partial charge in [0.05, 0.1) is 11.9 Å². The summed E-state index contributed by atoms with van der Waals surface area (Å²) in [5, 5.41) is 8.55. The van der Waals surface area contributed by atoms with Crippen molar-refractivity contribution in [3.8, 4) is 22.8 Å². The molecule has 0 bridgehead atoms. The third kappa shape index (κ3) is 2.28. The molecule has 2 N–H and O–H groups in total. The number of hydrogen-bond donors (Lipinski definition) is 2. The van der Waals surface area contributed by atoms with Gasteiger partial charge in [-0.3, -0.25) is 0 Å². The molecule has 0 spiro atoms. The van der Waals surface area contributed by atoms with E-state index in [4.69, 9.17) is 14.6 Å². The maximum absolute atomic E-state index is 10.4. The molecule has 0 saturated carbocycles. The number of aromatic amines is 1. The second kappa shape index (κ2) is 4.49. The van der Waals surface area contributed by atoms with E-state index in [2.05, 4.69) is 9.97 Å². The standard InChI is InChI=1S/C13H10N2O4/c16-13(17)4-3-12-14-6-9(15-12)8-1-2-10-11(5-8)19-7-18-10/h1-6H,7H2,(H,14,15)(H,16,17)/b4-3+. The Morgan fingerprint density at radius 3 is 3.05 bits per heavy atom. The van der Waals surface area contributed by atoms with E-state index in [9.17, 15) is 4.79 Å². The average molecular weight is 258 g/mol. The van der Waals surface area contributed by atoms with E-state index in [-0.39, 0.29) is 6.79 Å². The molecule has 1 aromatic carbocycles. The first-order chi connectivity index (χ1) is 9.22. The number of benzene rings is 1. The van der Waals surface area contributed by atoms with Crippen LogP contribution in [0.4, 0.5) is 0 Å². The molecule has 0 fully saturated rings. The van der Waals surface area contributed by atoms with Gasteiger partial charge in [0.15, 0.2) is 11.5 Å². The number of imidazole rings is 1. The molecular formula is C13H10N2O4. The maximum atomic E-state index is 10.4. The highest BCUT2D eigenvalue weighted by Crippen LogP contribution is 2.35. The molecule has 2 aromatic rings. The average Bonchev–Trinajstić information content (AvgIpc) is 3.04. The molecule has 19 heavy (non-hydrogen) atoms. The molecule has 0 atom stereocenters. The SMILES string of the molecule is O=C(O)/C=C/c1ncc(-c2ccc3c(c2)OCO3)[nH]1. The molecule has 6 heteroatoms. The zero-order valence-electron chi connectivity index (χ0n) is 9.79. The van der Waals surface area contributed by atoms with Crippen LogP contribution in [-0.2, 0) is 4.79 Å². The summed E-state index contributed by atoms with van der Waals surface area (Å²) >= 11 is 0. The highest BCUT2D eigenvalue weighted by atomic mass is 16.7. The molecule has 1 aliphatic rings. The van der Waals surface area contributed by atoms with E-state index < -0.39 is 5.97 Å². The first-order valence-electron chi connectivity index (χ1n) is 5.58. The van der Waals surface area contributed by atoms with Crippen molar-refractivity contribution in [2.45, 2.75) is 0 Å². The van der Waals surface area contributed by atoms with Crippen LogP contribution in [0.3, 0.4) is 0 Å². The van der Waals surface area contributed by atoms with Crippen LogP contribution < -0.4 is 9.47 Å². The van der Waals surface area contributed by atoms with Crippen molar-refractivity contribution in [1.29, 1.82) is 0 Å². The lowest BCUT2D eigenvalue weighted by Gasteiger charge is -1.99. The second-order valence-corrected chi connectivity index (χ2v) is 3.92. The quantitative estimate of drug-likeness (QED) is 0.821. The minimum atomic E-state index is -1.01. The molecule has 0 saturated heterocycles. The van der Waals surface area contributed by atoms with Gasteiger partial charge in [0.1, 0.15) is 5.82 Å². The van der Waals surface area contributed by atoms with Gasteiger partial charge in [-0.1, -0.05) is 0 Å². The largest absolute Gasteiger partial charge is 0.478 e. The van der Waals surface area contributed by atoms with Gasteiger partial charge >= 0.3 is 5.97 Å². The fourth-order valence-corrected chi connectivity index (χ4v) is 1.78. The maximum Gasteiger partial charge on any atom is 0.328 e. The van der Waals surface area contributed by atoms with Gasteiger partial charge in [-0.25, -0.2) is 9.78 Å². The van der Waals surface area contributed by atoms with E-state index in [1.165, 1.54) is 6.08 Å². The number of nitrogens with one attached hydrogen (secondary N) is 1. The van der Waals surface area contributed by atoms with Crippen molar-refractivity contribution >= 4 is 12.0 Å². The number of rotatable bonds is 3. The first-order valence-corrected chi connectivity index (χ1v) is 5.58. The topological polar surface area (TPSA) is 84.4 Å². The van der Waals surface area contributed by atoms with Crippen LogP contribution in [0.2, 0.25) is 0 Å². The number of carboxylic acid groups (broad SMARTS) is 1. The number of H-pyrrole nitrogens is 1. The predicted molar refractivity (Wildman–Crippen MR) is 66.8 cm³/mol. The number of aromatic nitrogens is 2. The summed E-state index contributed by atoms with van der Waals surface area (Å²) in [6.45, 7) is 0.231. The van der Waals surface area contributed by atoms with Crippen molar-refractivity contribution in [3.63, 3.8) is 0 Å². The van der Waals surface area contributed by atoms with Crippen molar-refractivity contribution < 1.29 is 19.4 Å². The smallest absolute Gasteiger partial charge is 0.328 e. The van der Waals surface area contributed by atoms with Gasteiger partial charge < -0.3 is 19.6 Å². The van der Waals surface area contributed by atoms with Crippen LogP contribution in [0, 0.1) is 0 Å². The summed E-state index contributed by atoms with van der Waals surface area (Å²) in [6.07, 6.45) is 4.07. The molecule has 2 heterocycles. The molecule has 1 aromatic heterocycles. The molecule has 0 amide bonds. The van der Waals surface area contributed by atoms with Crippen LogP contribution in [0.15, 0.2) is 30.5 Å². The van der Waals surface area contributed by atoms with Crippen LogP contribution in [0.1, 0.15) is 5.82 Å². The number of aliphatic carboxylic acids is 1. The monoisotopic (exact) mass is 258 g/mol. The van der Waals surface area contributed by atoms with Gasteiger partial charge in [-0.2, -0.15) is 0 Å². The number of carbonyl (C=O) groups is 1. The van der Waals surface area contributed by atoms with Crippen molar-refractivity contribution in [3.05, 3.63) is 36.3 Å². The molecule has 0 aliphatic carbocycles. The fourth-order valence-electron chi connectivity index (χ4n) is 1.78. The molecule has 0 unspecified atom stereocenters. The first kappa shape index (κ1) is 11.3. The highest BCUT2D eigenvalue weighted by molar-refractivity contribution is 5.84. The van der Waals surface area contributed by atoms with Crippen LogP contribution in [0.25, 0.3) is 17.3 Å². The summed E-state index contributed by atoms with van der Waals surface area (Å²) in [6, 6.07) is 5.55.